The molecule has 16 aromatic rings. The standard InChI is InChI=1S/C26H23N3O5.C20H20N4O6S.C20H19N3O5.2C19H17N3O5/c1-2-19-22(24(32)25(27)33)23-20(12-13-28-26(23)34-15-21(30)31)29(19)14-17-10-6-7-11-18(17)16-8-4-3-5-9-16;1-12-16(18(26)19(21)27)17-14(24(12)10-13-6-4-3-5-7-13)8-9-22-20(17)30-11-15(25)23-31(2,28)29;1-2-13-16(18(26)19(21)27)17-14(8-9-22-20(17)28-11-15(24)25)23(13)10-12-6-4-3-5-7-12;1-11-15(17(25)18(20)26)16-13(27-10-14(23)24)7-8-21-19(16)22(11)9-12-5-3-2-4-6-12;1-11-15(17(25)18(20)26)16-13(7-8-21-19(16)27-10-14(23)24)22(11)9-12-5-3-2-4-6-12/h3-13H,2,14-15H2,1H3,(H2,27,33)(H,30,31);3-9H,10-11H2,1-2H3,(H2,21,27)(H,23,25);3-9H,2,10-11H2,1H3,(H2,21,27)(H,24,25);2*2-8H,9-10H2,1H3,(H2,20,26)(H,23,24). The number of hydrogen-bond acceptors (Lipinski definition) is 27. The second kappa shape index (κ2) is 47.8. The first-order chi connectivity index (χ1) is 70.2. The first kappa shape index (κ1) is 107. The number of Topliss-reactive ketones (excluding diaryl/α,β-unsaturated/α-hetero) is 5. The van der Waals surface area contributed by atoms with E-state index in [0.717, 1.165) is 45.2 Å². The summed E-state index contributed by atoms with van der Waals surface area (Å²) in [6.45, 7) is 7.74. The molecule has 0 fully saturated rings. The highest BCUT2D eigenvalue weighted by atomic mass is 32.2. The van der Waals surface area contributed by atoms with Gasteiger partial charge in [0, 0.05) is 92.2 Å². The van der Waals surface area contributed by atoms with Crippen LogP contribution in [-0.4, -0.2) is 204 Å². The lowest BCUT2D eigenvalue weighted by molar-refractivity contribution is -0.140. The van der Waals surface area contributed by atoms with Crippen molar-refractivity contribution in [2.24, 2.45) is 28.7 Å². The second-order valence-electron chi connectivity index (χ2n) is 32.5. The Morgan fingerprint density at radius 1 is 0.320 bits per heavy atom. The third-order valence-electron chi connectivity index (χ3n) is 22.7. The van der Waals surface area contributed by atoms with E-state index in [1.54, 1.807) is 54.3 Å². The average molecular weight is 2020 g/mol. The van der Waals surface area contributed by atoms with E-state index in [2.05, 4.69) is 24.9 Å². The van der Waals surface area contributed by atoms with E-state index in [1.165, 1.54) is 37.1 Å². The summed E-state index contributed by atoms with van der Waals surface area (Å²) in [5.74, 6) is -15.6. The van der Waals surface area contributed by atoms with Crippen LogP contribution in [0.1, 0.15) is 122 Å². The summed E-state index contributed by atoms with van der Waals surface area (Å²) in [4.78, 5) is 197. The maximum absolute atomic E-state index is 12.9. The monoisotopic (exact) mass is 2020 g/mol. The lowest BCUT2D eigenvalue weighted by Crippen LogP contribution is -2.33. The van der Waals surface area contributed by atoms with Crippen molar-refractivity contribution in [1.29, 1.82) is 0 Å². The molecule has 42 nitrogen and oxygen atoms in total. The summed E-state index contributed by atoms with van der Waals surface area (Å²) >= 11 is 0. The van der Waals surface area contributed by atoms with Gasteiger partial charge in [-0.15, -0.1) is 0 Å². The molecule has 15 N–H and O–H groups in total. The number of ether oxygens (including phenoxy) is 5. The van der Waals surface area contributed by atoms with Crippen LogP contribution in [0.4, 0.5) is 0 Å². The zero-order chi connectivity index (χ0) is 106. The number of benzene rings is 6. The first-order valence-electron chi connectivity index (χ1n) is 44.7. The molecule has 0 atom stereocenters. The van der Waals surface area contributed by atoms with Gasteiger partial charge in [-0.25, -0.2) is 52.5 Å². The van der Waals surface area contributed by atoms with E-state index in [9.17, 15) is 80.3 Å². The summed E-state index contributed by atoms with van der Waals surface area (Å²) in [6, 6.07) is 64.2. The third kappa shape index (κ3) is 25.2. The molecule has 147 heavy (non-hydrogen) atoms. The largest absolute Gasteiger partial charge is 0.481 e. The topological polar surface area (TPSA) is 648 Å². The number of amides is 6. The summed E-state index contributed by atoms with van der Waals surface area (Å²) in [7, 11) is -3.76. The number of pyridine rings is 5. The number of aliphatic carboxylic acids is 4. The second-order valence-corrected chi connectivity index (χ2v) is 34.2. The van der Waals surface area contributed by atoms with Crippen LogP contribution in [0.3, 0.4) is 0 Å². The number of ketones is 5. The van der Waals surface area contributed by atoms with Crippen LogP contribution in [0.25, 0.3) is 65.8 Å². The zero-order valence-corrected chi connectivity index (χ0v) is 80.4. The van der Waals surface area contributed by atoms with Crippen molar-refractivity contribution in [3.05, 3.63) is 321 Å². The number of nitrogens with one attached hydrogen (secondary N) is 1. The molecule has 0 bridgehead atoms. The maximum atomic E-state index is 12.9. The van der Waals surface area contributed by atoms with E-state index in [0.29, 0.717) is 107 Å². The average Bonchev–Trinajstić information content (AvgIpc) is 1.61. The van der Waals surface area contributed by atoms with Crippen LogP contribution >= 0.6 is 0 Å². The number of nitrogens with zero attached hydrogens (tertiary/aromatic N) is 10. The highest BCUT2D eigenvalue weighted by molar-refractivity contribution is 7.89. The van der Waals surface area contributed by atoms with Gasteiger partial charge in [0.15, 0.2) is 33.0 Å². The number of sulfonamides is 1. The van der Waals surface area contributed by atoms with Gasteiger partial charge >= 0.3 is 23.9 Å². The Bertz CT molecular complexity index is 7790. The molecule has 0 aliphatic carbocycles. The number of carbonyl (C=O) groups is 15. The van der Waals surface area contributed by atoms with Gasteiger partial charge in [-0.1, -0.05) is 190 Å². The van der Waals surface area contributed by atoms with Gasteiger partial charge in [-0.2, -0.15) is 0 Å². The number of aromatic nitrogens is 10. The number of fused-ring (bicyclic) bond motifs is 5. The number of hydrogen-bond donors (Lipinski definition) is 10. The number of primary amides is 5. The number of carboxylic acid groups (broad SMARTS) is 4. The smallest absolute Gasteiger partial charge is 0.341 e. The molecule has 0 saturated heterocycles. The fourth-order valence-corrected chi connectivity index (χ4v) is 17.1. The molecule has 754 valence electrons. The van der Waals surface area contributed by atoms with E-state index in [1.807, 2.05) is 208 Å². The van der Waals surface area contributed by atoms with Crippen molar-refractivity contribution in [1.82, 2.24) is 52.5 Å². The van der Waals surface area contributed by atoms with Crippen molar-refractivity contribution >= 4 is 153 Å². The molecule has 43 heteroatoms. The molecule has 0 radical (unpaired) electrons. The van der Waals surface area contributed by atoms with Gasteiger partial charge < -0.3 is 95.6 Å². The van der Waals surface area contributed by atoms with Crippen LogP contribution in [0.15, 0.2) is 237 Å². The molecule has 0 aliphatic heterocycles. The molecule has 0 unspecified atom stereocenters. The highest BCUT2D eigenvalue weighted by Crippen LogP contribution is 2.41. The minimum absolute atomic E-state index is 0.0186. The summed E-state index contributed by atoms with van der Waals surface area (Å²) in [5.41, 5.74) is 39.1. The Labute approximate surface area is 835 Å². The summed E-state index contributed by atoms with van der Waals surface area (Å²) in [5, 5.41) is 37.1. The minimum Gasteiger partial charge on any atom is -0.481 e. The molecular weight excluding hydrogens is 1920 g/mol. The number of rotatable bonds is 39. The summed E-state index contributed by atoms with van der Waals surface area (Å²) in [6.07, 6.45) is 9.00. The Morgan fingerprint density at radius 2 is 0.599 bits per heavy atom. The molecule has 6 amide bonds. The molecule has 16 rings (SSSR count). The van der Waals surface area contributed by atoms with Crippen LogP contribution in [0, 0.1) is 20.8 Å². The normalized spacial score (nSPS) is 10.9. The van der Waals surface area contributed by atoms with E-state index in [-0.39, 0.29) is 78.6 Å². The minimum atomic E-state index is -3.76. The molecule has 10 heterocycles. The van der Waals surface area contributed by atoms with E-state index < -0.39 is 131 Å². The van der Waals surface area contributed by atoms with Gasteiger partial charge in [0.25, 0.3) is 64.4 Å². The van der Waals surface area contributed by atoms with E-state index in [4.69, 9.17) is 72.8 Å². The molecular formula is C104H96N16O26S. The van der Waals surface area contributed by atoms with Crippen molar-refractivity contribution in [3.63, 3.8) is 0 Å². The van der Waals surface area contributed by atoms with Crippen molar-refractivity contribution in [2.75, 3.05) is 39.3 Å². The van der Waals surface area contributed by atoms with Crippen molar-refractivity contribution in [3.8, 4) is 40.4 Å². The fraction of sp³-hybridized carbons (Fsp3) is 0.173. The van der Waals surface area contributed by atoms with Crippen LogP contribution < -0.4 is 57.1 Å². The van der Waals surface area contributed by atoms with Crippen LogP contribution in [-0.2, 0) is 104 Å². The van der Waals surface area contributed by atoms with Crippen molar-refractivity contribution < 1.29 is 124 Å². The molecule has 6 aromatic carbocycles. The maximum Gasteiger partial charge on any atom is 0.341 e. The Morgan fingerprint density at radius 3 is 0.946 bits per heavy atom. The lowest BCUT2D eigenvalue weighted by atomic mass is 9.99. The van der Waals surface area contributed by atoms with Crippen LogP contribution in [0.2, 0.25) is 0 Å². The Balaban J connectivity index is 0.000000164. The van der Waals surface area contributed by atoms with Gasteiger partial charge in [0.1, 0.15) is 11.4 Å². The molecule has 10 aromatic heterocycles. The van der Waals surface area contributed by atoms with Gasteiger partial charge in [0.05, 0.1) is 83.1 Å². The number of carbonyl (C=O) groups excluding carboxylic acids is 11. The number of carboxylic acids is 4. The zero-order valence-electron chi connectivity index (χ0n) is 79.5. The lowest BCUT2D eigenvalue weighted by Gasteiger charge is -2.14. The van der Waals surface area contributed by atoms with Crippen LogP contribution in [0.5, 0.6) is 29.3 Å². The fourth-order valence-electron chi connectivity index (χ4n) is 16.6. The van der Waals surface area contributed by atoms with Gasteiger partial charge in [0.2, 0.25) is 33.5 Å². The van der Waals surface area contributed by atoms with Gasteiger partial charge in [-0.3, -0.25) is 57.5 Å². The Kier molecular flexibility index (Phi) is 34.7. The number of nitrogens with two attached hydrogens (primary N) is 5. The predicted molar refractivity (Wildman–Crippen MR) is 533 cm³/mol. The Hall–Kier alpha value is -19.2. The molecule has 0 aliphatic rings. The molecule has 0 saturated carbocycles. The summed E-state index contributed by atoms with van der Waals surface area (Å²) < 4.78 is 60.1. The highest BCUT2D eigenvalue weighted by Gasteiger charge is 2.35. The first-order valence-corrected chi connectivity index (χ1v) is 46.6. The third-order valence-corrected chi connectivity index (χ3v) is 23.3. The predicted octanol–water partition coefficient (Wildman–Crippen LogP) is 8.79. The quantitative estimate of drug-likeness (QED) is 0.0127. The van der Waals surface area contributed by atoms with Gasteiger partial charge in [-0.05, 0) is 103 Å². The molecule has 0 spiro atoms. The van der Waals surface area contributed by atoms with Crippen molar-refractivity contribution in [2.45, 2.75) is 80.2 Å². The SMILES string of the molecule is CCc1c(C(=O)C(N)=O)c2c(OCC(=O)O)nccc2n1Cc1ccccc1.CCc1c(C(=O)C(N)=O)c2c(OCC(=O)O)nccc2n1Cc1ccccc1-c1ccccc1.Cc1c(C(=O)C(N)=O)c2c(OCC(=O)NS(C)(=O)=O)nccc2n1Cc1ccccc1.Cc1c(C(=O)C(N)=O)c2c(OCC(=O)O)ccnc2n1Cc1ccccc1.Cc1c(C(=O)C(N)=O)c2c(OCC(=O)O)nccc2n1Cc1ccccc1. The van der Waals surface area contributed by atoms with E-state index >= 15 is 0 Å².